The Kier molecular flexibility index (Phi) is 4.77. The third kappa shape index (κ3) is 3.26. The van der Waals surface area contributed by atoms with Gasteiger partial charge in [-0.25, -0.2) is 0 Å². The summed E-state index contributed by atoms with van der Waals surface area (Å²) in [5.74, 6) is -0.114. The highest BCUT2D eigenvalue weighted by Gasteiger charge is 2.36. The summed E-state index contributed by atoms with van der Waals surface area (Å²) in [6, 6.07) is 21.2. The second-order valence-corrected chi connectivity index (χ2v) is 7.47. The van der Waals surface area contributed by atoms with Crippen molar-refractivity contribution in [3.05, 3.63) is 77.0 Å². The predicted molar refractivity (Wildman–Crippen MR) is 109 cm³/mol. The van der Waals surface area contributed by atoms with Crippen LogP contribution in [0.5, 0.6) is 0 Å². The molecule has 0 N–H and O–H groups in total. The molecule has 0 radical (unpaired) electrons. The average molecular weight is 376 g/mol. The Morgan fingerprint density at radius 1 is 0.963 bits per heavy atom. The van der Waals surface area contributed by atoms with Crippen LogP contribution in [0.4, 0.5) is 5.69 Å². The van der Waals surface area contributed by atoms with Gasteiger partial charge in [-0.1, -0.05) is 54.6 Å². The molecule has 5 heteroatoms. The molecular weight excluding hydrogens is 356 g/mol. The summed E-state index contributed by atoms with van der Waals surface area (Å²) in [5.41, 5.74) is 2.99. The molecule has 136 valence electrons. The van der Waals surface area contributed by atoms with Crippen molar-refractivity contribution in [2.24, 2.45) is 0 Å². The molecule has 4 nitrogen and oxygen atoms in total. The van der Waals surface area contributed by atoms with Gasteiger partial charge in [0, 0.05) is 18.7 Å². The van der Waals surface area contributed by atoms with Crippen molar-refractivity contribution < 1.29 is 9.59 Å². The van der Waals surface area contributed by atoms with E-state index in [1.807, 2.05) is 77.9 Å². The number of carbonyl (C=O) groups is 2. The molecule has 1 fully saturated rings. The number of hydrogen-bond acceptors (Lipinski definition) is 3. The van der Waals surface area contributed by atoms with Crippen LogP contribution in [0.1, 0.15) is 16.6 Å². The molecule has 0 spiro atoms. The molecule has 2 amide bonds. The van der Waals surface area contributed by atoms with Crippen LogP contribution >= 0.6 is 11.3 Å². The SMILES string of the molecule is C[C@H]1C(=O)N(c2ccccc2-c2ccccc2)CCN1C(=O)c1cccs1. The molecule has 1 aliphatic rings. The summed E-state index contributed by atoms with van der Waals surface area (Å²) in [5, 5.41) is 1.88. The van der Waals surface area contributed by atoms with E-state index >= 15 is 0 Å². The van der Waals surface area contributed by atoms with Gasteiger partial charge < -0.3 is 9.80 Å². The van der Waals surface area contributed by atoms with Gasteiger partial charge in [-0.3, -0.25) is 9.59 Å². The van der Waals surface area contributed by atoms with Gasteiger partial charge in [0.25, 0.3) is 5.91 Å². The van der Waals surface area contributed by atoms with Crippen molar-refractivity contribution in [1.82, 2.24) is 4.90 Å². The lowest BCUT2D eigenvalue weighted by Gasteiger charge is -2.39. The van der Waals surface area contributed by atoms with Gasteiger partial charge in [-0.15, -0.1) is 11.3 Å². The number of nitrogens with zero attached hydrogens (tertiary/aromatic N) is 2. The number of amides is 2. The van der Waals surface area contributed by atoms with Crippen molar-refractivity contribution in [2.75, 3.05) is 18.0 Å². The number of para-hydroxylation sites is 1. The number of benzene rings is 2. The van der Waals surface area contributed by atoms with E-state index in [1.165, 1.54) is 11.3 Å². The maximum Gasteiger partial charge on any atom is 0.264 e. The molecule has 1 aromatic heterocycles. The van der Waals surface area contributed by atoms with E-state index in [9.17, 15) is 9.59 Å². The van der Waals surface area contributed by atoms with Crippen molar-refractivity contribution in [3.8, 4) is 11.1 Å². The number of anilines is 1. The van der Waals surface area contributed by atoms with E-state index in [4.69, 9.17) is 0 Å². The topological polar surface area (TPSA) is 40.6 Å². The first kappa shape index (κ1) is 17.5. The summed E-state index contributed by atoms with van der Waals surface area (Å²) < 4.78 is 0. The van der Waals surface area contributed by atoms with E-state index in [0.717, 1.165) is 16.8 Å². The smallest absolute Gasteiger partial charge is 0.264 e. The van der Waals surface area contributed by atoms with Crippen LogP contribution in [0.15, 0.2) is 72.1 Å². The monoisotopic (exact) mass is 376 g/mol. The van der Waals surface area contributed by atoms with E-state index in [-0.39, 0.29) is 11.8 Å². The standard InChI is InChI=1S/C22H20N2O2S/c1-16-21(25)24(14-13-23(16)22(26)20-12-7-15-27-20)19-11-6-5-10-18(19)17-8-3-2-4-9-17/h2-12,15-16H,13-14H2,1H3/t16-/m0/s1. The second-order valence-electron chi connectivity index (χ2n) is 6.52. The average Bonchev–Trinajstić information content (AvgIpc) is 3.25. The summed E-state index contributed by atoms with van der Waals surface area (Å²) in [4.78, 5) is 30.0. The van der Waals surface area contributed by atoms with Gasteiger partial charge in [0.05, 0.1) is 10.6 Å². The van der Waals surface area contributed by atoms with Crippen molar-refractivity contribution in [3.63, 3.8) is 0 Å². The lowest BCUT2D eigenvalue weighted by molar-refractivity contribution is -0.124. The summed E-state index contributed by atoms with van der Waals surface area (Å²) >= 11 is 1.41. The molecule has 0 saturated carbocycles. The Morgan fingerprint density at radius 2 is 1.70 bits per heavy atom. The highest BCUT2D eigenvalue weighted by atomic mass is 32.1. The largest absolute Gasteiger partial charge is 0.324 e. The molecule has 1 saturated heterocycles. The highest BCUT2D eigenvalue weighted by Crippen LogP contribution is 2.32. The fraction of sp³-hybridized carbons (Fsp3) is 0.182. The number of thiophene rings is 1. The third-order valence-electron chi connectivity index (χ3n) is 4.93. The second kappa shape index (κ2) is 7.37. The minimum absolute atomic E-state index is 0.0467. The molecule has 0 bridgehead atoms. The van der Waals surface area contributed by atoms with Gasteiger partial charge >= 0.3 is 0 Å². The molecule has 3 aromatic rings. The van der Waals surface area contributed by atoms with Crippen LogP contribution in [0.25, 0.3) is 11.1 Å². The highest BCUT2D eigenvalue weighted by molar-refractivity contribution is 7.12. The maximum atomic E-state index is 13.1. The first-order valence-electron chi connectivity index (χ1n) is 8.97. The first-order chi connectivity index (χ1) is 13.2. The quantitative estimate of drug-likeness (QED) is 0.684. The van der Waals surface area contributed by atoms with Crippen LogP contribution in [0, 0.1) is 0 Å². The van der Waals surface area contributed by atoms with Gasteiger partial charge in [0.2, 0.25) is 5.91 Å². The minimum Gasteiger partial charge on any atom is -0.324 e. The number of rotatable bonds is 3. The van der Waals surface area contributed by atoms with Crippen molar-refractivity contribution in [1.29, 1.82) is 0 Å². The lowest BCUT2D eigenvalue weighted by Crippen LogP contribution is -2.57. The van der Waals surface area contributed by atoms with Crippen LogP contribution < -0.4 is 4.90 Å². The van der Waals surface area contributed by atoms with Crippen molar-refractivity contribution in [2.45, 2.75) is 13.0 Å². The number of carbonyl (C=O) groups excluding carboxylic acids is 2. The summed E-state index contributed by atoms with van der Waals surface area (Å²) in [6.07, 6.45) is 0. The summed E-state index contributed by atoms with van der Waals surface area (Å²) in [6.45, 7) is 2.82. The van der Waals surface area contributed by atoms with Gasteiger partial charge in [0.1, 0.15) is 6.04 Å². The molecule has 2 heterocycles. The Bertz CT molecular complexity index is 953. The molecule has 1 atom stereocenters. The van der Waals surface area contributed by atoms with E-state index in [0.29, 0.717) is 18.0 Å². The zero-order chi connectivity index (χ0) is 18.8. The van der Waals surface area contributed by atoms with Gasteiger partial charge in [-0.2, -0.15) is 0 Å². The molecule has 0 aliphatic carbocycles. The van der Waals surface area contributed by atoms with Gasteiger partial charge in [-0.05, 0) is 30.0 Å². The first-order valence-corrected chi connectivity index (χ1v) is 9.85. The minimum atomic E-state index is -0.489. The molecular formula is C22H20N2O2S. The predicted octanol–water partition coefficient (Wildman–Crippen LogP) is 4.29. The van der Waals surface area contributed by atoms with E-state index < -0.39 is 6.04 Å². The summed E-state index contributed by atoms with van der Waals surface area (Å²) in [7, 11) is 0. The molecule has 0 unspecified atom stereocenters. The Labute approximate surface area is 162 Å². The van der Waals surface area contributed by atoms with E-state index in [2.05, 4.69) is 0 Å². The normalized spacial score (nSPS) is 17.2. The molecule has 27 heavy (non-hydrogen) atoms. The van der Waals surface area contributed by atoms with Crippen molar-refractivity contribution >= 4 is 28.8 Å². The zero-order valence-corrected chi connectivity index (χ0v) is 15.9. The third-order valence-corrected chi connectivity index (χ3v) is 5.79. The van der Waals surface area contributed by atoms with E-state index in [1.54, 1.807) is 11.0 Å². The van der Waals surface area contributed by atoms with Gasteiger partial charge in [0.15, 0.2) is 0 Å². The maximum absolute atomic E-state index is 13.1. The Balaban J connectivity index is 1.63. The number of hydrogen-bond donors (Lipinski definition) is 0. The van der Waals surface area contributed by atoms with Crippen LogP contribution in [0.3, 0.4) is 0 Å². The molecule has 2 aromatic carbocycles. The molecule has 4 rings (SSSR count). The fourth-order valence-electron chi connectivity index (χ4n) is 3.50. The Morgan fingerprint density at radius 3 is 2.44 bits per heavy atom. The Hall–Kier alpha value is -2.92. The lowest BCUT2D eigenvalue weighted by atomic mass is 10.0. The van der Waals surface area contributed by atoms with Crippen LogP contribution in [-0.4, -0.2) is 35.8 Å². The fourth-order valence-corrected chi connectivity index (χ4v) is 4.18. The van der Waals surface area contributed by atoms with Crippen LogP contribution in [0.2, 0.25) is 0 Å². The molecule has 1 aliphatic heterocycles. The van der Waals surface area contributed by atoms with Crippen LogP contribution in [-0.2, 0) is 4.79 Å². The number of piperazine rings is 1. The zero-order valence-electron chi connectivity index (χ0n) is 15.0.